The summed E-state index contributed by atoms with van der Waals surface area (Å²) in [6.07, 6.45) is 4.67. The number of fused-ring (bicyclic) bond motifs is 1. The maximum Gasteiger partial charge on any atom is 0.233 e. The van der Waals surface area contributed by atoms with E-state index in [9.17, 15) is 4.79 Å². The number of halogens is 1. The SMILES string of the molecule is CC(C)c1cc2c(Cl)nc(SCC(=O)N3CCCCCC3)nc2s1. The Morgan fingerprint density at radius 3 is 2.67 bits per heavy atom. The largest absolute Gasteiger partial charge is 0.342 e. The van der Waals surface area contributed by atoms with Gasteiger partial charge >= 0.3 is 0 Å². The van der Waals surface area contributed by atoms with Crippen molar-refractivity contribution in [1.82, 2.24) is 14.9 Å². The van der Waals surface area contributed by atoms with Crippen LogP contribution in [0, 0.1) is 0 Å². The lowest BCUT2D eigenvalue weighted by Crippen LogP contribution is -2.33. The lowest BCUT2D eigenvalue weighted by atomic mass is 10.2. The van der Waals surface area contributed by atoms with E-state index in [0.717, 1.165) is 36.1 Å². The fourth-order valence-electron chi connectivity index (χ4n) is 2.77. The number of carbonyl (C=O) groups excluding carboxylic acids is 1. The predicted molar refractivity (Wildman–Crippen MR) is 102 cm³/mol. The number of hydrogen-bond acceptors (Lipinski definition) is 5. The maximum absolute atomic E-state index is 12.4. The molecular formula is C17H22ClN3OS2. The second-order valence-corrected chi connectivity index (χ2v) is 8.77. The third-order valence-corrected chi connectivity index (χ3v) is 6.65. The molecule has 2 aromatic rings. The van der Waals surface area contributed by atoms with Gasteiger partial charge < -0.3 is 4.90 Å². The van der Waals surface area contributed by atoms with Gasteiger partial charge in [0.1, 0.15) is 9.98 Å². The van der Waals surface area contributed by atoms with Gasteiger partial charge in [-0.3, -0.25) is 4.79 Å². The van der Waals surface area contributed by atoms with Gasteiger partial charge in [0.05, 0.1) is 5.75 Å². The van der Waals surface area contributed by atoms with Crippen LogP contribution in [-0.2, 0) is 4.79 Å². The zero-order valence-electron chi connectivity index (χ0n) is 14.0. The van der Waals surface area contributed by atoms with E-state index in [2.05, 4.69) is 29.9 Å². The van der Waals surface area contributed by atoms with E-state index in [0.29, 0.717) is 22.0 Å². The molecule has 3 heterocycles. The van der Waals surface area contributed by atoms with Crippen molar-refractivity contribution in [3.8, 4) is 0 Å². The lowest BCUT2D eigenvalue weighted by molar-refractivity contribution is -0.128. The number of thioether (sulfide) groups is 1. The monoisotopic (exact) mass is 383 g/mol. The first-order valence-corrected chi connectivity index (χ1v) is 10.6. The van der Waals surface area contributed by atoms with E-state index in [1.807, 2.05) is 4.90 Å². The summed E-state index contributed by atoms with van der Waals surface area (Å²) in [6, 6.07) is 2.07. The fraction of sp³-hybridized carbons (Fsp3) is 0.588. The van der Waals surface area contributed by atoms with Crippen molar-refractivity contribution in [2.45, 2.75) is 50.6 Å². The Morgan fingerprint density at radius 2 is 2.00 bits per heavy atom. The Bertz CT molecular complexity index is 724. The predicted octanol–water partition coefficient (Wildman–Crippen LogP) is 4.96. The van der Waals surface area contributed by atoms with Crippen molar-refractivity contribution in [2.75, 3.05) is 18.8 Å². The van der Waals surface area contributed by atoms with Crippen molar-refractivity contribution >= 4 is 50.8 Å². The smallest absolute Gasteiger partial charge is 0.233 e. The molecule has 4 nitrogen and oxygen atoms in total. The molecule has 2 aromatic heterocycles. The molecule has 1 aliphatic heterocycles. The first kappa shape index (κ1) is 18.0. The van der Waals surface area contributed by atoms with E-state index >= 15 is 0 Å². The first-order chi connectivity index (χ1) is 11.5. The Balaban J connectivity index is 1.69. The molecule has 1 aliphatic rings. The van der Waals surface area contributed by atoms with Gasteiger partial charge in [-0.15, -0.1) is 11.3 Å². The summed E-state index contributed by atoms with van der Waals surface area (Å²) in [7, 11) is 0. The number of carbonyl (C=O) groups is 1. The molecule has 0 unspecified atom stereocenters. The van der Waals surface area contributed by atoms with Gasteiger partial charge in [-0.25, -0.2) is 9.97 Å². The molecule has 7 heteroatoms. The number of hydrogen-bond donors (Lipinski definition) is 0. The van der Waals surface area contributed by atoms with Crippen molar-refractivity contribution in [2.24, 2.45) is 0 Å². The molecule has 0 aromatic carbocycles. The highest BCUT2D eigenvalue weighted by molar-refractivity contribution is 7.99. The molecule has 0 N–H and O–H groups in total. The van der Waals surface area contributed by atoms with Crippen LogP contribution in [-0.4, -0.2) is 39.6 Å². The summed E-state index contributed by atoms with van der Waals surface area (Å²) in [5, 5.41) is 1.98. The van der Waals surface area contributed by atoms with Gasteiger partial charge in [-0.05, 0) is 24.8 Å². The Hall–Kier alpha value is -0.850. The molecule has 3 rings (SSSR count). The van der Waals surface area contributed by atoms with E-state index in [1.165, 1.54) is 29.5 Å². The molecule has 0 bridgehead atoms. The molecule has 0 aliphatic carbocycles. The zero-order chi connectivity index (χ0) is 17.1. The van der Waals surface area contributed by atoms with E-state index < -0.39 is 0 Å². The number of likely N-dealkylation sites (tertiary alicyclic amines) is 1. The average Bonchev–Trinajstić information content (AvgIpc) is 2.80. The molecule has 0 radical (unpaired) electrons. The van der Waals surface area contributed by atoms with Crippen LogP contribution >= 0.6 is 34.7 Å². The van der Waals surface area contributed by atoms with Crippen molar-refractivity contribution in [3.05, 3.63) is 16.1 Å². The van der Waals surface area contributed by atoms with Crippen LogP contribution in [0.5, 0.6) is 0 Å². The maximum atomic E-state index is 12.4. The highest BCUT2D eigenvalue weighted by atomic mass is 35.5. The molecule has 0 saturated carbocycles. The van der Waals surface area contributed by atoms with E-state index in [1.54, 1.807) is 11.3 Å². The van der Waals surface area contributed by atoms with Crippen LogP contribution in [0.1, 0.15) is 50.3 Å². The third kappa shape index (κ3) is 4.21. The normalized spacial score (nSPS) is 15.9. The molecule has 1 saturated heterocycles. The number of amides is 1. The van der Waals surface area contributed by atoms with Crippen LogP contribution in [0.25, 0.3) is 10.2 Å². The number of aromatic nitrogens is 2. The summed E-state index contributed by atoms with van der Waals surface area (Å²) in [6.45, 7) is 6.06. The highest BCUT2D eigenvalue weighted by Crippen LogP contribution is 2.34. The quantitative estimate of drug-likeness (QED) is 0.425. The molecule has 130 valence electrons. The summed E-state index contributed by atoms with van der Waals surface area (Å²) >= 11 is 9.35. The van der Waals surface area contributed by atoms with Crippen LogP contribution in [0.3, 0.4) is 0 Å². The number of thiophene rings is 1. The Morgan fingerprint density at radius 1 is 1.29 bits per heavy atom. The topological polar surface area (TPSA) is 46.1 Å². The molecule has 1 amide bonds. The van der Waals surface area contributed by atoms with Gasteiger partial charge in [-0.1, -0.05) is 50.1 Å². The van der Waals surface area contributed by atoms with Gasteiger partial charge in [0, 0.05) is 23.4 Å². The molecular weight excluding hydrogens is 362 g/mol. The average molecular weight is 384 g/mol. The van der Waals surface area contributed by atoms with Gasteiger partial charge in [0.2, 0.25) is 5.91 Å². The van der Waals surface area contributed by atoms with Crippen LogP contribution in [0.4, 0.5) is 0 Å². The summed E-state index contributed by atoms with van der Waals surface area (Å²) < 4.78 is 0. The zero-order valence-corrected chi connectivity index (χ0v) is 16.4. The van der Waals surface area contributed by atoms with Crippen molar-refractivity contribution < 1.29 is 4.79 Å². The summed E-state index contributed by atoms with van der Waals surface area (Å²) in [5.74, 6) is 1.00. The Kier molecular flexibility index (Phi) is 6.00. The minimum absolute atomic E-state index is 0.177. The highest BCUT2D eigenvalue weighted by Gasteiger charge is 2.17. The van der Waals surface area contributed by atoms with Crippen LogP contribution in [0.2, 0.25) is 5.15 Å². The minimum atomic E-state index is 0.177. The van der Waals surface area contributed by atoms with E-state index in [-0.39, 0.29) is 5.91 Å². The lowest BCUT2D eigenvalue weighted by Gasteiger charge is -2.19. The molecule has 0 atom stereocenters. The summed E-state index contributed by atoms with van der Waals surface area (Å²) in [5.41, 5.74) is 0. The van der Waals surface area contributed by atoms with Crippen LogP contribution in [0.15, 0.2) is 11.2 Å². The van der Waals surface area contributed by atoms with Crippen molar-refractivity contribution in [1.29, 1.82) is 0 Å². The summed E-state index contributed by atoms with van der Waals surface area (Å²) in [4.78, 5) is 25.5. The van der Waals surface area contributed by atoms with Gasteiger partial charge in [0.25, 0.3) is 0 Å². The number of rotatable bonds is 4. The number of nitrogens with zero attached hydrogens (tertiary/aromatic N) is 3. The standard InChI is InChI=1S/C17H22ClN3OS2/c1-11(2)13-9-12-15(18)19-17(20-16(12)24-13)23-10-14(22)21-7-5-3-4-6-8-21/h9,11H,3-8,10H2,1-2H3. The second-order valence-electron chi connectivity index (χ2n) is 6.40. The Labute approximate surface area is 156 Å². The van der Waals surface area contributed by atoms with Gasteiger partial charge in [0.15, 0.2) is 5.16 Å². The van der Waals surface area contributed by atoms with Crippen molar-refractivity contribution in [3.63, 3.8) is 0 Å². The third-order valence-electron chi connectivity index (χ3n) is 4.20. The molecule has 1 fully saturated rings. The van der Waals surface area contributed by atoms with E-state index in [4.69, 9.17) is 11.6 Å². The molecule has 0 spiro atoms. The van der Waals surface area contributed by atoms with Gasteiger partial charge in [-0.2, -0.15) is 0 Å². The first-order valence-electron chi connectivity index (χ1n) is 8.42. The second kappa shape index (κ2) is 8.02. The van der Waals surface area contributed by atoms with Crippen LogP contribution < -0.4 is 0 Å². The fourth-order valence-corrected chi connectivity index (χ4v) is 4.94. The molecule has 24 heavy (non-hydrogen) atoms. The minimum Gasteiger partial charge on any atom is -0.342 e.